The average molecular weight is 278 g/mol. The van der Waals surface area contributed by atoms with E-state index in [-0.39, 0.29) is 6.09 Å². The highest BCUT2D eigenvalue weighted by atomic mass is 16.6. The SMILES string of the molecule is Cc1nc(CN)c2c(n1)CN(C(=O)OC(C)(C)C)CC2. The average Bonchev–Trinajstić information content (AvgIpc) is 2.34. The van der Waals surface area contributed by atoms with Crippen LogP contribution in [0.1, 0.15) is 43.5 Å². The fourth-order valence-corrected chi connectivity index (χ4v) is 2.29. The molecule has 2 rings (SSSR count). The predicted molar refractivity (Wildman–Crippen MR) is 75.0 cm³/mol. The maximum Gasteiger partial charge on any atom is 0.410 e. The molecule has 0 saturated heterocycles. The van der Waals surface area contributed by atoms with Crippen LogP contribution in [0.25, 0.3) is 0 Å². The number of carbonyl (C=O) groups excluding carboxylic acids is 1. The Labute approximate surface area is 119 Å². The van der Waals surface area contributed by atoms with Gasteiger partial charge in [0.1, 0.15) is 11.4 Å². The summed E-state index contributed by atoms with van der Waals surface area (Å²) >= 11 is 0. The number of amides is 1. The Kier molecular flexibility index (Phi) is 3.94. The lowest BCUT2D eigenvalue weighted by atomic mass is 10.0. The van der Waals surface area contributed by atoms with Gasteiger partial charge in [0.25, 0.3) is 0 Å². The Hall–Kier alpha value is -1.69. The van der Waals surface area contributed by atoms with Gasteiger partial charge >= 0.3 is 6.09 Å². The van der Waals surface area contributed by atoms with Crippen LogP contribution in [-0.4, -0.2) is 33.1 Å². The minimum Gasteiger partial charge on any atom is -0.444 e. The van der Waals surface area contributed by atoms with Crippen LogP contribution in [0.5, 0.6) is 0 Å². The maximum absolute atomic E-state index is 12.1. The third kappa shape index (κ3) is 3.25. The zero-order chi connectivity index (χ0) is 14.9. The van der Waals surface area contributed by atoms with Gasteiger partial charge in [-0.2, -0.15) is 0 Å². The summed E-state index contributed by atoms with van der Waals surface area (Å²) in [7, 11) is 0. The van der Waals surface area contributed by atoms with Crippen molar-refractivity contribution in [2.24, 2.45) is 5.73 Å². The first kappa shape index (κ1) is 14.7. The number of ether oxygens (including phenoxy) is 1. The molecule has 6 heteroatoms. The number of rotatable bonds is 1. The van der Waals surface area contributed by atoms with Crippen LogP contribution in [0.15, 0.2) is 0 Å². The van der Waals surface area contributed by atoms with Crippen molar-refractivity contribution in [1.82, 2.24) is 14.9 Å². The Morgan fingerprint density at radius 3 is 2.70 bits per heavy atom. The van der Waals surface area contributed by atoms with E-state index in [2.05, 4.69) is 9.97 Å². The minimum absolute atomic E-state index is 0.297. The summed E-state index contributed by atoms with van der Waals surface area (Å²) in [6.07, 6.45) is 0.426. The molecule has 6 nitrogen and oxygen atoms in total. The molecule has 1 amide bonds. The number of carbonyl (C=O) groups is 1. The van der Waals surface area contributed by atoms with E-state index in [0.717, 1.165) is 23.4 Å². The van der Waals surface area contributed by atoms with Crippen molar-refractivity contribution in [1.29, 1.82) is 0 Å². The molecule has 1 aliphatic heterocycles. The van der Waals surface area contributed by atoms with Gasteiger partial charge in [0.15, 0.2) is 0 Å². The number of nitrogens with zero attached hydrogens (tertiary/aromatic N) is 3. The van der Waals surface area contributed by atoms with Crippen LogP contribution in [0.2, 0.25) is 0 Å². The van der Waals surface area contributed by atoms with Gasteiger partial charge in [-0.25, -0.2) is 14.8 Å². The summed E-state index contributed by atoms with van der Waals surface area (Å²) in [4.78, 5) is 22.6. The van der Waals surface area contributed by atoms with E-state index in [4.69, 9.17) is 10.5 Å². The Morgan fingerprint density at radius 2 is 2.10 bits per heavy atom. The first-order valence-electron chi connectivity index (χ1n) is 6.83. The van der Waals surface area contributed by atoms with Crippen LogP contribution in [0.4, 0.5) is 4.79 Å². The molecule has 0 fully saturated rings. The maximum atomic E-state index is 12.1. The van der Waals surface area contributed by atoms with E-state index in [1.54, 1.807) is 4.90 Å². The second kappa shape index (κ2) is 5.36. The first-order chi connectivity index (χ1) is 9.30. The molecule has 1 aromatic rings. The quantitative estimate of drug-likeness (QED) is 0.842. The Morgan fingerprint density at radius 1 is 1.40 bits per heavy atom. The Balaban J connectivity index is 2.19. The molecular weight excluding hydrogens is 256 g/mol. The van der Waals surface area contributed by atoms with Crippen molar-refractivity contribution in [2.75, 3.05) is 6.54 Å². The third-order valence-corrected chi connectivity index (χ3v) is 3.11. The van der Waals surface area contributed by atoms with Crippen LogP contribution in [0, 0.1) is 6.92 Å². The predicted octanol–water partition coefficient (Wildman–Crippen LogP) is 1.54. The van der Waals surface area contributed by atoms with Crippen LogP contribution in [0.3, 0.4) is 0 Å². The van der Waals surface area contributed by atoms with Gasteiger partial charge < -0.3 is 15.4 Å². The van der Waals surface area contributed by atoms with Gasteiger partial charge in [-0.15, -0.1) is 0 Å². The summed E-state index contributed by atoms with van der Waals surface area (Å²) in [6, 6.07) is 0. The summed E-state index contributed by atoms with van der Waals surface area (Å²) in [5.41, 5.74) is 8.09. The smallest absolute Gasteiger partial charge is 0.410 e. The topological polar surface area (TPSA) is 81.3 Å². The third-order valence-electron chi connectivity index (χ3n) is 3.11. The minimum atomic E-state index is -0.485. The summed E-state index contributed by atoms with van der Waals surface area (Å²) < 4.78 is 5.40. The molecule has 0 spiro atoms. The monoisotopic (exact) mass is 278 g/mol. The van der Waals surface area contributed by atoms with E-state index in [0.29, 0.717) is 25.5 Å². The molecule has 0 aliphatic carbocycles. The largest absolute Gasteiger partial charge is 0.444 e. The van der Waals surface area contributed by atoms with Crippen molar-refractivity contribution in [2.45, 2.75) is 52.8 Å². The van der Waals surface area contributed by atoms with E-state index in [1.807, 2.05) is 27.7 Å². The highest BCUT2D eigenvalue weighted by Crippen LogP contribution is 2.21. The zero-order valence-corrected chi connectivity index (χ0v) is 12.6. The summed E-state index contributed by atoms with van der Waals surface area (Å²) in [5, 5.41) is 0. The molecule has 0 bridgehead atoms. The Bertz CT molecular complexity index is 523. The van der Waals surface area contributed by atoms with Crippen LogP contribution < -0.4 is 5.73 Å². The van der Waals surface area contributed by atoms with E-state index in [9.17, 15) is 4.79 Å². The standard InChI is InChI=1S/C14H22N4O2/c1-9-16-11(7-15)10-5-6-18(8-12(10)17-9)13(19)20-14(2,3)4/h5-8,15H2,1-4H3. The van der Waals surface area contributed by atoms with Gasteiger partial charge in [-0.1, -0.05) is 0 Å². The van der Waals surface area contributed by atoms with Crippen LogP contribution >= 0.6 is 0 Å². The second-order valence-electron chi connectivity index (χ2n) is 6.00. The second-order valence-corrected chi connectivity index (χ2v) is 6.00. The molecule has 0 atom stereocenters. The summed E-state index contributed by atoms with van der Waals surface area (Å²) in [6.45, 7) is 8.90. The fourth-order valence-electron chi connectivity index (χ4n) is 2.29. The molecule has 0 aromatic carbocycles. The molecule has 1 aromatic heterocycles. The van der Waals surface area contributed by atoms with Crippen molar-refractivity contribution < 1.29 is 9.53 Å². The van der Waals surface area contributed by atoms with Gasteiger partial charge in [-0.3, -0.25) is 0 Å². The van der Waals surface area contributed by atoms with Gasteiger partial charge in [0, 0.05) is 18.7 Å². The lowest BCUT2D eigenvalue weighted by Gasteiger charge is -2.31. The van der Waals surface area contributed by atoms with Crippen molar-refractivity contribution >= 4 is 6.09 Å². The van der Waals surface area contributed by atoms with Crippen LogP contribution in [-0.2, 0) is 24.2 Å². The van der Waals surface area contributed by atoms with E-state index < -0.39 is 5.60 Å². The normalized spacial score (nSPS) is 14.9. The lowest BCUT2D eigenvalue weighted by molar-refractivity contribution is 0.0220. The molecule has 20 heavy (non-hydrogen) atoms. The number of hydrogen-bond donors (Lipinski definition) is 1. The van der Waals surface area contributed by atoms with E-state index >= 15 is 0 Å². The van der Waals surface area contributed by atoms with Gasteiger partial charge in [-0.05, 0) is 34.1 Å². The molecule has 2 heterocycles. The molecule has 0 radical (unpaired) electrons. The van der Waals surface area contributed by atoms with E-state index in [1.165, 1.54) is 0 Å². The van der Waals surface area contributed by atoms with Gasteiger partial charge in [0.2, 0.25) is 0 Å². The lowest BCUT2D eigenvalue weighted by Crippen LogP contribution is -2.40. The number of aryl methyl sites for hydroxylation is 1. The highest BCUT2D eigenvalue weighted by molar-refractivity contribution is 5.68. The van der Waals surface area contributed by atoms with Crippen molar-refractivity contribution in [3.63, 3.8) is 0 Å². The van der Waals surface area contributed by atoms with Crippen molar-refractivity contribution in [3.8, 4) is 0 Å². The molecule has 0 unspecified atom stereocenters. The number of nitrogens with two attached hydrogens (primary N) is 1. The molecule has 110 valence electrons. The highest BCUT2D eigenvalue weighted by Gasteiger charge is 2.27. The van der Waals surface area contributed by atoms with Gasteiger partial charge in [0.05, 0.1) is 17.9 Å². The number of fused-ring (bicyclic) bond motifs is 1. The zero-order valence-electron chi connectivity index (χ0n) is 12.6. The van der Waals surface area contributed by atoms with Crippen molar-refractivity contribution in [3.05, 3.63) is 22.8 Å². The fraction of sp³-hybridized carbons (Fsp3) is 0.643. The molecule has 2 N–H and O–H groups in total. The number of aromatic nitrogens is 2. The molecule has 1 aliphatic rings. The first-order valence-corrected chi connectivity index (χ1v) is 6.83. The molecular formula is C14H22N4O2. The summed E-state index contributed by atoms with van der Waals surface area (Å²) in [5.74, 6) is 0.690. The number of hydrogen-bond acceptors (Lipinski definition) is 5. The molecule has 0 saturated carbocycles.